The summed E-state index contributed by atoms with van der Waals surface area (Å²) >= 11 is 0. The van der Waals surface area contributed by atoms with Crippen molar-refractivity contribution < 1.29 is 9.63 Å². The number of nitrogens with two attached hydrogens (primary N) is 1. The minimum atomic E-state index is -0.580. The normalized spacial score (nSPS) is 13.5. The van der Waals surface area contributed by atoms with E-state index in [1.54, 1.807) is 13.0 Å². The Bertz CT molecular complexity index is 207. The lowest BCUT2D eigenvalue weighted by atomic mass is 10.3. The quantitative estimate of drug-likeness (QED) is 0.618. The smallest absolute Gasteiger partial charge is 0.150 e. The molecule has 0 bridgehead atoms. The van der Waals surface area contributed by atoms with Crippen molar-refractivity contribution >= 4 is 0 Å². The molecule has 1 rings (SSSR count). The Labute approximate surface area is 58.6 Å². The Morgan fingerprint density at radius 1 is 1.90 bits per heavy atom. The molecule has 1 unspecified atom stereocenters. The van der Waals surface area contributed by atoms with Crippen LogP contribution in [0.5, 0.6) is 0 Å². The van der Waals surface area contributed by atoms with Crippen LogP contribution in [-0.4, -0.2) is 10.3 Å². The van der Waals surface area contributed by atoms with Crippen LogP contribution in [0.25, 0.3) is 0 Å². The molecule has 56 valence electrons. The molecule has 4 heteroatoms. The Hall–Kier alpha value is -0.870. The van der Waals surface area contributed by atoms with Crippen LogP contribution in [0.1, 0.15) is 24.5 Å². The highest BCUT2D eigenvalue weighted by Crippen LogP contribution is 2.10. The Morgan fingerprint density at radius 2 is 2.60 bits per heavy atom. The average Bonchev–Trinajstić information content (AvgIpc) is 2.34. The van der Waals surface area contributed by atoms with Gasteiger partial charge in [-0.2, -0.15) is 0 Å². The summed E-state index contributed by atoms with van der Waals surface area (Å²) < 4.78 is 4.74. The van der Waals surface area contributed by atoms with Crippen molar-refractivity contribution in [3.63, 3.8) is 0 Å². The molecular formula is C6H10N2O2. The maximum atomic E-state index is 8.97. The van der Waals surface area contributed by atoms with Gasteiger partial charge in [0.1, 0.15) is 5.69 Å². The molecule has 0 aliphatic heterocycles. The first-order valence-electron chi connectivity index (χ1n) is 3.07. The fourth-order valence-corrected chi connectivity index (χ4v) is 0.622. The second kappa shape index (κ2) is 2.81. The zero-order chi connectivity index (χ0) is 7.56. The molecule has 0 fully saturated rings. The van der Waals surface area contributed by atoms with Crippen molar-refractivity contribution in [3.8, 4) is 0 Å². The van der Waals surface area contributed by atoms with E-state index in [2.05, 4.69) is 5.16 Å². The van der Waals surface area contributed by atoms with Gasteiger partial charge < -0.3 is 15.4 Å². The molecule has 3 N–H and O–H groups in total. The van der Waals surface area contributed by atoms with Gasteiger partial charge in [-0.1, -0.05) is 5.16 Å². The number of nitrogens with zero attached hydrogens (tertiary/aromatic N) is 1. The topological polar surface area (TPSA) is 72.3 Å². The highest BCUT2D eigenvalue weighted by molar-refractivity contribution is 5.06. The van der Waals surface area contributed by atoms with Crippen molar-refractivity contribution in [2.45, 2.75) is 19.6 Å². The molecule has 1 aromatic rings. The summed E-state index contributed by atoms with van der Waals surface area (Å²) in [7, 11) is 0. The van der Waals surface area contributed by atoms with Crippen LogP contribution in [0.15, 0.2) is 10.6 Å². The molecule has 0 saturated carbocycles. The maximum absolute atomic E-state index is 8.97. The summed E-state index contributed by atoms with van der Waals surface area (Å²) in [5.41, 5.74) is 5.78. The Balaban J connectivity index is 2.78. The van der Waals surface area contributed by atoms with Gasteiger partial charge >= 0.3 is 0 Å². The number of aliphatic hydroxyl groups excluding tert-OH is 1. The Kier molecular flexibility index (Phi) is 2.03. The first kappa shape index (κ1) is 7.24. The van der Waals surface area contributed by atoms with Gasteiger partial charge in [0.15, 0.2) is 5.76 Å². The number of rotatable bonds is 2. The van der Waals surface area contributed by atoms with E-state index >= 15 is 0 Å². The average molecular weight is 142 g/mol. The van der Waals surface area contributed by atoms with E-state index in [0.717, 1.165) is 0 Å². The molecule has 0 spiro atoms. The van der Waals surface area contributed by atoms with Crippen molar-refractivity contribution in [1.82, 2.24) is 5.16 Å². The van der Waals surface area contributed by atoms with Crippen LogP contribution >= 0.6 is 0 Å². The molecule has 1 heterocycles. The SMILES string of the molecule is CC(O)c1cc(CN)on1. The fourth-order valence-electron chi connectivity index (χ4n) is 0.622. The molecule has 0 aromatic carbocycles. The first-order chi connectivity index (χ1) is 4.74. The molecule has 1 atom stereocenters. The third kappa shape index (κ3) is 1.34. The molecule has 0 aliphatic rings. The summed E-state index contributed by atoms with van der Waals surface area (Å²) in [6.07, 6.45) is -0.580. The van der Waals surface area contributed by atoms with Crippen molar-refractivity contribution in [3.05, 3.63) is 17.5 Å². The predicted octanol–water partition coefficient (Wildman–Crippen LogP) is 0.187. The monoisotopic (exact) mass is 142 g/mol. The number of aliphatic hydroxyl groups is 1. The second-order valence-corrected chi connectivity index (χ2v) is 2.10. The second-order valence-electron chi connectivity index (χ2n) is 2.10. The third-order valence-corrected chi connectivity index (χ3v) is 1.21. The van der Waals surface area contributed by atoms with Crippen LogP contribution in [0.2, 0.25) is 0 Å². The highest BCUT2D eigenvalue weighted by Gasteiger charge is 2.06. The van der Waals surface area contributed by atoms with Gasteiger partial charge in [-0.05, 0) is 6.92 Å². The van der Waals surface area contributed by atoms with Gasteiger partial charge in [0.25, 0.3) is 0 Å². The standard InChI is InChI=1S/C6H10N2O2/c1-4(9)6-2-5(3-7)10-8-6/h2,4,9H,3,7H2,1H3. The number of aromatic nitrogens is 1. The zero-order valence-electron chi connectivity index (χ0n) is 5.74. The van der Waals surface area contributed by atoms with E-state index < -0.39 is 6.10 Å². The van der Waals surface area contributed by atoms with E-state index in [9.17, 15) is 0 Å². The molecule has 1 aromatic heterocycles. The van der Waals surface area contributed by atoms with E-state index in [-0.39, 0.29) is 0 Å². The number of hydrogen-bond donors (Lipinski definition) is 2. The van der Waals surface area contributed by atoms with Crippen LogP contribution in [0.3, 0.4) is 0 Å². The first-order valence-corrected chi connectivity index (χ1v) is 3.07. The molecule has 0 aliphatic carbocycles. The van der Waals surface area contributed by atoms with Gasteiger partial charge in [0.2, 0.25) is 0 Å². The van der Waals surface area contributed by atoms with Crippen molar-refractivity contribution in [2.24, 2.45) is 5.73 Å². The Morgan fingerprint density at radius 3 is 2.90 bits per heavy atom. The zero-order valence-corrected chi connectivity index (χ0v) is 5.74. The molecule has 0 radical (unpaired) electrons. The maximum Gasteiger partial charge on any atom is 0.150 e. The van der Waals surface area contributed by atoms with Gasteiger partial charge in [-0.3, -0.25) is 0 Å². The minimum absolute atomic E-state index is 0.319. The van der Waals surface area contributed by atoms with Crippen LogP contribution < -0.4 is 5.73 Å². The van der Waals surface area contributed by atoms with Crippen LogP contribution in [-0.2, 0) is 6.54 Å². The fraction of sp³-hybridized carbons (Fsp3) is 0.500. The lowest BCUT2D eigenvalue weighted by Crippen LogP contribution is -1.93. The van der Waals surface area contributed by atoms with Gasteiger partial charge in [0.05, 0.1) is 12.6 Å². The van der Waals surface area contributed by atoms with Crippen molar-refractivity contribution in [1.29, 1.82) is 0 Å². The van der Waals surface area contributed by atoms with Crippen LogP contribution in [0, 0.1) is 0 Å². The lowest BCUT2D eigenvalue weighted by molar-refractivity contribution is 0.187. The summed E-state index contributed by atoms with van der Waals surface area (Å²) in [5, 5.41) is 12.6. The van der Waals surface area contributed by atoms with Crippen LogP contribution in [0.4, 0.5) is 0 Å². The largest absolute Gasteiger partial charge is 0.387 e. The molecule has 0 amide bonds. The third-order valence-electron chi connectivity index (χ3n) is 1.21. The van der Waals surface area contributed by atoms with Gasteiger partial charge in [-0.15, -0.1) is 0 Å². The van der Waals surface area contributed by atoms with E-state index in [1.165, 1.54) is 0 Å². The highest BCUT2D eigenvalue weighted by atomic mass is 16.5. The summed E-state index contributed by atoms with van der Waals surface area (Å²) in [4.78, 5) is 0. The minimum Gasteiger partial charge on any atom is -0.387 e. The number of hydrogen-bond acceptors (Lipinski definition) is 4. The molecule has 10 heavy (non-hydrogen) atoms. The molecular weight excluding hydrogens is 132 g/mol. The summed E-state index contributed by atoms with van der Waals surface area (Å²) in [6.45, 7) is 1.94. The lowest BCUT2D eigenvalue weighted by Gasteiger charge is -1.92. The van der Waals surface area contributed by atoms with Gasteiger partial charge in [-0.25, -0.2) is 0 Å². The predicted molar refractivity (Wildman–Crippen MR) is 35.0 cm³/mol. The van der Waals surface area contributed by atoms with E-state index in [0.29, 0.717) is 18.0 Å². The van der Waals surface area contributed by atoms with E-state index in [4.69, 9.17) is 15.4 Å². The van der Waals surface area contributed by atoms with Gasteiger partial charge in [0, 0.05) is 6.07 Å². The summed E-state index contributed by atoms with van der Waals surface area (Å²) in [6, 6.07) is 1.64. The summed E-state index contributed by atoms with van der Waals surface area (Å²) in [5.74, 6) is 0.593. The molecule has 0 saturated heterocycles. The van der Waals surface area contributed by atoms with Crippen molar-refractivity contribution in [2.75, 3.05) is 0 Å². The molecule has 4 nitrogen and oxygen atoms in total. The van der Waals surface area contributed by atoms with E-state index in [1.807, 2.05) is 0 Å².